The van der Waals surface area contributed by atoms with Crippen LogP contribution in [0.15, 0.2) is 18.3 Å². The molecule has 0 bridgehead atoms. The molecule has 2 aliphatic rings. The van der Waals surface area contributed by atoms with Gasteiger partial charge in [0.1, 0.15) is 0 Å². The lowest BCUT2D eigenvalue weighted by molar-refractivity contribution is -0.126. The molecule has 114 valence electrons. The summed E-state index contributed by atoms with van der Waals surface area (Å²) < 4.78 is 0. The van der Waals surface area contributed by atoms with Crippen LogP contribution in [0.25, 0.3) is 0 Å². The quantitative estimate of drug-likeness (QED) is 0.842. The molecule has 0 aromatic carbocycles. The number of nitrogens with two attached hydrogens (primary N) is 1. The molecule has 3 N–H and O–H groups in total. The molecule has 1 saturated heterocycles. The minimum Gasteiger partial charge on any atom is -0.396 e. The van der Waals surface area contributed by atoms with Gasteiger partial charge in [0, 0.05) is 38.4 Å². The Morgan fingerprint density at radius 1 is 1.38 bits per heavy atom. The summed E-state index contributed by atoms with van der Waals surface area (Å²) in [5, 5.41) is 3.08. The average molecular weight is 289 g/mol. The van der Waals surface area contributed by atoms with E-state index in [1.807, 2.05) is 19.1 Å². The van der Waals surface area contributed by atoms with E-state index in [4.69, 9.17) is 5.73 Å². The van der Waals surface area contributed by atoms with E-state index in [0.29, 0.717) is 11.7 Å². The smallest absolute Gasteiger partial charge is 0.237 e. The van der Waals surface area contributed by atoms with E-state index in [0.717, 1.165) is 44.8 Å². The van der Waals surface area contributed by atoms with Crippen LogP contribution in [0.5, 0.6) is 0 Å². The van der Waals surface area contributed by atoms with Crippen molar-refractivity contribution in [3.63, 3.8) is 0 Å². The molecule has 2 fully saturated rings. The second-order valence-corrected chi connectivity index (χ2v) is 5.90. The number of nitrogen functional groups attached to an aromatic ring is 1. The predicted molar refractivity (Wildman–Crippen MR) is 83.1 cm³/mol. The van der Waals surface area contributed by atoms with Gasteiger partial charge in [-0.25, -0.2) is 4.98 Å². The van der Waals surface area contributed by atoms with Crippen LogP contribution >= 0.6 is 0 Å². The third-order valence-corrected chi connectivity index (χ3v) is 4.28. The van der Waals surface area contributed by atoms with Gasteiger partial charge in [0.25, 0.3) is 0 Å². The predicted octanol–water partition coefficient (Wildman–Crippen LogP) is 0.453. The summed E-state index contributed by atoms with van der Waals surface area (Å²) >= 11 is 0. The Morgan fingerprint density at radius 3 is 2.71 bits per heavy atom. The Hall–Kier alpha value is -1.82. The Kier molecular flexibility index (Phi) is 3.96. The lowest BCUT2D eigenvalue weighted by Crippen LogP contribution is -2.54. The number of aromatic nitrogens is 1. The zero-order chi connectivity index (χ0) is 14.8. The number of carbonyl (C=O) groups is 1. The average Bonchev–Trinajstić information content (AvgIpc) is 3.31. The van der Waals surface area contributed by atoms with Crippen LogP contribution in [-0.4, -0.2) is 54.1 Å². The van der Waals surface area contributed by atoms with Crippen LogP contribution in [-0.2, 0) is 4.79 Å². The largest absolute Gasteiger partial charge is 0.396 e. The Balaban J connectivity index is 1.54. The van der Waals surface area contributed by atoms with Gasteiger partial charge >= 0.3 is 0 Å². The maximum absolute atomic E-state index is 12.1. The van der Waals surface area contributed by atoms with Gasteiger partial charge in [-0.2, -0.15) is 0 Å². The van der Waals surface area contributed by atoms with Crippen molar-refractivity contribution in [2.24, 2.45) is 0 Å². The van der Waals surface area contributed by atoms with Crippen molar-refractivity contribution in [3.05, 3.63) is 18.3 Å². The molecule has 1 atom stereocenters. The first-order valence-electron chi connectivity index (χ1n) is 7.65. The van der Waals surface area contributed by atoms with Crippen molar-refractivity contribution < 1.29 is 4.79 Å². The highest BCUT2D eigenvalue weighted by molar-refractivity contribution is 5.81. The summed E-state index contributed by atoms with van der Waals surface area (Å²) in [4.78, 5) is 20.9. The van der Waals surface area contributed by atoms with E-state index < -0.39 is 0 Å². The van der Waals surface area contributed by atoms with Crippen molar-refractivity contribution in [1.82, 2.24) is 15.2 Å². The van der Waals surface area contributed by atoms with E-state index in [1.165, 1.54) is 0 Å². The van der Waals surface area contributed by atoms with Crippen molar-refractivity contribution in [2.45, 2.75) is 31.8 Å². The normalized spacial score (nSPS) is 21.1. The first-order chi connectivity index (χ1) is 10.1. The molecular formula is C15H23N5O. The first kappa shape index (κ1) is 14.1. The molecule has 21 heavy (non-hydrogen) atoms. The molecular weight excluding hydrogens is 266 g/mol. The van der Waals surface area contributed by atoms with Crippen molar-refractivity contribution in [3.8, 4) is 0 Å². The molecule has 1 amide bonds. The monoisotopic (exact) mass is 289 g/mol. The summed E-state index contributed by atoms with van der Waals surface area (Å²) in [6.07, 6.45) is 4.03. The molecule has 1 aromatic rings. The number of piperazine rings is 1. The number of nitrogens with one attached hydrogen (secondary N) is 1. The van der Waals surface area contributed by atoms with E-state index in [9.17, 15) is 4.79 Å². The number of anilines is 2. The van der Waals surface area contributed by atoms with Crippen LogP contribution in [0.4, 0.5) is 11.5 Å². The third-order valence-electron chi connectivity index (χ3n) is 4.28. The van der Waals surface area contributed by atoms with Gasteiger partial charge < -0.3 is 16.0 Å². The summed E-state index contributed by atoms with van der Waals surface area (Å²) in [5.41, 5.74) is 6.69. The molecule has 2 heterocycles. The maximum atomic E-state index is 12.1. The molecule has 3 rings (SSSR count). The lowest BCUT2D eigenvalue weighted by atomic mass is 10.2. The molecule has 6 heteroatoms. The number of carbonyl (C=O) groups excluding carboxylic acids is 1. The fourth-order valence-corrected chi connectivity index (χ4v) is 2.71. The second-order valence-electron chi connectivity index (χ2n) is 5.90. The molecule has 1 saturated carbocycles. The Labute approximate surface area is 125 Å². The lowest BCUT2D eigenvalue weighted by Gasteiger charge is -2.38. The van der Waals surface area contributed by atoms with Crippen LogP contribution in [0.2, 0.25) is 0 Å². The van der Waals surface area contributed by atoms with Crippen LogP contribution in [0.1, 0.15) is 19.8 Å². The summed E-state index contributed by atoms with van der Waals surface area (Å²) in [6.45, 7) is 5.40. The van der Waals surface area contributed by atoms with Crippen molar-refractivity contribution in [2.75, 3.05) is 36.8 Å². The Morgan fingerprint density at radius 2 is 2.10 bits per heavy atom. The summed E-state index contributed by atoms with van der Waals surface area (Å²) in [5.74, 6) is 1.01. The van der Waals surface area contributed by atoms with E-state index in [-0.39, 0.29) is 11.9 Å². The van der Waals surface area contributed by atoms with Gasteiger partial charge in [0.05, 0.1) is 11.7 Å². The van der Waals surface area contributed by atoms with Gasteiger partial charge in [-0.15, -0.1) is 0 Å². The minimum atomic E-state index is -0.0613. The highest BCUT2D eigenvalue weighted by Gasteiger charge is 2.30. The SMILES string of the molecule is CC(C(=O)NC1CC1)N1CCN(c2ncccc2N)CC1. The molecule has 0 radical (unpaired) electrons. The Bertz CT molecular complexity index is 509. The topological polar surface area (TPSA) is 74.5 Å². The van der Waals surface area contributed by atoms with E-state index >= 15 is 0 Å². The van der Waals surface area contributed by atoms with E-state index in [1.54, 1.807) is 6.20 Å². The number of amides is 1. The number of pyridine rings is 1. The highest BCUT2D eigenvalue weighted by atomic mass is 16.2. The van der Waals surface area contributed by atoms with Gasteiger partial charge in [-0.3, -0.25) is 9.69 Å². The summed E-state index contributed by atoms with van der Waals surface area (Å²) in [7, 11) is 0. The standard InChI is InChI=1S/C15H23N5O/c1-11(15(21)18-12-4-5-12)19-7-9-20(10-8-19)14-13(16)3-2-6-17-14/h2-3,6,11-12H,4-5,7-10,16H2,1H3,(H,18,21). The van der Waals surface area contributed by atoms with Gasteiger partial charge in [0.15, 0.2) is 5.82 Å². The van der Waals surface area contributed by atoms with Gasteiger partial charge in [-0.05, 0) is 31.9 Å². The van der Waals surface area contributed by atoms with E-state index in [2.05, 4.69) is 20.1 Å². The molecule has 1 aliphatic heterocycles. The molecule has 1 aromatic heterocycles. The van der Waals surface area contributed by atoms with Crippen LogP contribution < -0.4 is 16.0 Å². The zero-order valence-electron chi connectivity index (χ0n) is 12.5. The van der Waals surface area contributed by atoms with Gasteiger partial charge in [-0.1, -0.05) is 0 Å². The maximum Gasteiger partial charge on any atom is 0.237 e. The zero-order valence-corrected chi connectivity index (χ0v) is 12.5. The minimum absolute atomic E-state index is 0.0613. The number of nitrogens with zero attached hydrogens (tertiary/aromatic N) is 3. The van der Waals surface area contributed by atoms with Crippen molar-refractivity contribution in [1.29, 1.82) is 0 Å². The fourth-order valence-electron chi connectivity index (χ4n) is 2.71. The number of rotatable bonds is 4. The third kappa shape index (κ3) is 3.26. The van der Waals surface area contributed by atoms with Crippen LogP contribution in [0, 0.1) is 0 Å². The number of hydrogen-bond donors (Lipinski definition) is 2. The second kappa shape index (κ2) is 5.89. The summed E-state index contributed by atoms with van der Waals surface area (Å²) in [6, 6.07) is 4.09. The number of hydrogen-bond acceptors (Lipinski definition) is 5. The highest BCUT2D eigenvalue weighted by Crippen LogP contribution is 2.22. The van der Waals surface area contributed by atoms with Crippen LogP contribution in [0.3, 0.4) is 0 Å². The first-order valence-corrected chi connectivity index (χ1v) is 7.65. The van der Waals surface area contributed by atoms with Gasteiger partial charge in [0.2, 0.25) is 5.91 Å². The van der Waals surface area contributed by atoms with Crippen molar-refractivity contribution >= 4 is 17.4 Å². The molecule has 0 spiro atoms. The molecule has 1 aliphatic carbocycles. The molecule has 1 unspecified atom stereocenters. The molecule has 6 nitrogen and oxygen atoms in total. The fraction of sp³-hybridized carbons (Fsp3) is 0.600.